The Kier molecular flexibility index (Phi) is 6.13. The van der Waals surface area contributed by atoms with Crippen LogP contribution in [0.3, 0.4) is 0 Å². The Labute approximate surface area is 159 Å². The summed E-state index contributed by atoms with van der Waals surface area (Å²) in [4.78, 5) is 39.3. The molecule has 0 saturated carbocycles. The molecule has 1 saturated heterocycles. The molecule has 0 radical (unpaired) electrons. The lowest BCUT2D eigenvalue weighted by Gasteiger charge is -2.37. The van der Waals surface area contributed by atoms with Gasteiger partial charge in [0.1, 0.15) is 5.60 Å². The molecule has 0 aromatic heterocycles. The minimum absolute atomic E-state index is 0.0841. The number of carboxylic acids is 1. The van der Waals surface area contributed by atoms with E-state index < -0.39 is 23.6 Å². The topological polar surface area (TPSA) is 87.2 Å². The highest BCUT2D eigenvalue weighted by molar-refractivity contribution is 5.94. The molecule has 2 atom stereocenters. The smallest absolute Gasteiger partial charge is 0.410 e. The molecule has 1 aliphatic heterocycles. The van der Waals surface area contributed by atoms with E-state index in [4.69, 9.17) is 4.74 Å². The predicted molar refractivity (Wildman–Crippen MR) is 101 cm³/mol. The van der Waals surface area contributed by atoms with E-state index in [9.17, 15) is 19.5 Å². The van der Waals surface area contributed by atoms with Gasteiger partial charge in [0.15, 0.2) is 0 Å². The van der Waals surface area contributed by atoms with E-state index in [0.29, 0.717) is 18.5 Å². The second-order valence-corrected chi connectivity index (χ2v) is 8.09. The number of carbonyl (C=O) groups is 3. The van der Waals surface area contributed by atoms with E-state index >= 15 is 0 Å². The highest BCUT2D eigenvalue weighted by atomic mass is 16.6. The number of carbonyl (C=O) groups excluding carboxylic acids is 2. The van der Waals surface area contributed by atoms with Crippen LogP contribution in [0.5, 0.6) is 0 Å². The Hall–Kier alpha value is -2.57. The summed E-state index contributed by atoms with van der Waals surface area (Å²) in [6.07, 6.45) is -0.000690. The molecular formula is C20H28N2O5. The maximum atomic E-state index is 12.3. The Morgan fingerprint density at radius 1 is 1.22 bits per heavy atom. The summed E-state index contributed by atoms with van der Waals surface area (Å²) in [5.74, 6) is -2.11. The van der Waals surface area contributed by atoms with Crippen molar-refractivity contribution >= 4 is 18.0 Å². The molecular weight excluding hydrogens is 348 g/mol. The van der Waals surface area contributed by atoms with Crippen molar-refractivity contribution in [3.63, 3.8) is 0 Å². The zero-order valence-electron chi connectivity index (χ0n) is 16.6. The Bertz CT molecular complexity index is 723. The number of likely N-dealkylation sites (tertiary alicyclic amines) is 1. The van der Waals surface area contributed by atoms with Gasteiger partial charge in [-0.2, -0.15) is 0 Å². The molecule has 2 amide bonds. The van der Waals surface area contributed by atoms with E-state index in [-0.39, 0.29) is 18.4 Å². The number of ether oxygens (including phenoxy) is 1. The lowest BCUT2D eigenvalue weighted by atomic mass is 9.80. The van der Waals surface area contributed by atoms with Crippen LogP contribution in [0.4, 0.5) is 4.79 Å². The van der Waals surface area contributed by atoms with Crippen LogP contribution in [0.15, 0.2) is 24.3 Å². The van der Waals surface area contributed by atoms with Crippen LogP contribution in [-0.2, 0) is 9.53 Å². The summed E-state index contributed by atoms with van der Waals surface area (Å²) >= 11 is 0. The van der Waals surface area contributed by atoms with Crippen LogP contribution >= 0.6 is 0 Å². The van der Waals surface area contributed by atoms with E-state index in [1.54, 1.807) is 53.1 Å². The summed E-state index contributed by atoms with van der Waals surface area (Å²) in [7, 11) is 3.35. The van der Waals surface area contributed by atoms with Gasteiger partial charge in [-0.1, -0.05) is 12.1 Å². The fourth-order valence-corrected chi connectivity index (χ4v) is 3.25. The monoisotopic (exact) mass is 376 g/mol. The van der Waals surface area contributed by atoms with E-state index in [1.807, 2.05) is 6.07 Å². The number of nitrogens with zero attached hydrogens (tertiary/aromatic N) is 2. The Balaban J connectivity index is 2.22. The van der Waals surface area contributed by atoms with Gasteiger partial charge in [0, 0.05) is 38.7 Å². The van der Waals surface area contributed by atoms with Crippen molar-refractivity contribution in [3.05, 3.63) is 35.4 Å². The van der Waals surface area contributed by atoms with Crippen molar-refractivity contribution in [2.45, 2.75) is 38.7 Å². The van der Waals surface area contributed by atoms with Crippen LogP contribution in [0, 0.1) is 5.92 Å². The van der Waals surface area contributed by atoms with Crippen molar-refractivity contribution in [2.24, 2.45) is 5.92 Å². The van der Waals surface area contributed by atoms with Crippen molar-refractivity contribution in [2.75, 3.05) is 27.2 Å². The lowest BCUT2D eigenvalue weighted by molar-refractivity contribution is -0.144. The number of benzene rings is 1. The maximum absolute atomic E-state index is 12.3. The quantitative estimate of drug-likeness (QED) is 0.876. The first-order valence-electron chi connectivity index (χ1n) is 9.02. The summed E-state index contributed by atoms with van der Waals surface area (Å²) in [6, 6.07) is 7.09. The molecule has 1 fully saturated rings. The first-order chi connectivity index (χ1) is 12.5. The van der Waals surface area contributed by atoms with Gasteiger partial charge in [0.25, 0.3) is 5.91 Å². The van der Waals surface area contributed by atoms with E-state index in [2.05, 4.69) is 0 Å². The van der Waals surface area contributed by atoms with Gasteiger partial charge >= 0.3 is 12.1 Å². The molecule has 7 nitrogen and oxygen atoms in total. The van der Waals surface area contributed by atoms with Gasteiger partial charge in [-0.3, -0.25) is 9.59 Å². The third-order valence-electron chi connectivity index (χ3n) is 4.55. The number of piperidine rings is 1. The summed E-state index contributed by atoms with van der Waals surface area (Å²) in [5.41, 5.74) is 0.697. The molecule has 0 unspecified atom stereocenters. The molecule has 1 aromatic carbocycles. The van der Waals surface area contributed by atoms with Gasteiger partial charge in [0.2, 0.25) is 0 Å². The number of aliphatic carboxylic acids is 1. The van der Waals surface area contributed by atoms with Crippen LogP contribution < -0.4 is 0 Å². The van der Waals surface area contributed by atoms with Gasteiger partial charge in [-0.05, 0) is 44.9 Å². The minimum Gasteiger partial charge on any atom is -0.481 e. The second-order valence-electron chi connectivity index (χ2n) is 8.09. The average Bonchev–Trinajstić information content (AvgIpc) is 2.59. The average molecular weight is 376 g/mol. The lowest BCUT2D eigenvalue weighted by Crippen LogP contribution is -2.47. The molecule has 1 aliphatic rings. The SMILES string of the molecule is CN(C)C(=O)c1cccc([C@H]2CCN(C(=O)OC(C)(C)C)C[C@@H]2C(=O)O)c1. The molecule has 27 heavy (non-hydrogen) atoms. The Morgan fingerprint density at radius 2 is 1.89 bits per heavy atom. The molecule has 2 rings (SSSR count). The number of hydrogen-bond acceptors (Lipinski definition) is 4. The van der Waals surface area contributed by atoms with Crippen molar-refractivity contribution < 1.29 is 24.2 Å². The van der Waals surface area contributed by atoms with Crippen molar-refractivity contribution in [3.8, 4) is 0 Å². The first kappa shape index (κ1) is 20.7. The number of amides is 2. The van der Waals surface area contributed by atoms with Crippen molar-refractivity contribution in [1.29, 1.82) is 0 Å². The highest BCUT2D eigenvalue weighted by Crippen LogP contribution is 2.34. The summed E-state index contributed by atoms with van der Waals surface area (Å²) in [5, 5.41) is 9.71. The standard InChI is InChI=1S/C20H28N2O5/c1-20(2,3)27-19(26)22-10-9-15(16(12-22)18(24)25)13-7-6-8-14(11-13)17(23)21(4)5/h6-8,11,15-16H,9-10,12H2,1-5H3,(H,24,25)/t15-,16+/m1/s1. The number of hydrogen-bond donors (Lipinski definition) is 1. The fourth-order valence-electron chi connectivity index (χ4n) is 3.25. The molecule has 0 bridgehead atoms. The summed E-state index contributed by atoms with van der Waals surface area (Å²) in [6.45, 7) is 5.83. The number of carboxylic acid groups (broad SMARTS) is 1. The van der Waals surface area contributed by atoms with Gasteiger partial charge in [-0.25, -0.2) is 4.79 Å². The molecule has 1 N–H and O–H groups in total. The number of rotatable bonds is 3. The third-order valence-corrected chi connectivity index (χ3v) is 4.55. The van der Waals surface area contributed by atoms with Crippen LogP contribution in [0.1, 0.15) is 49.0 Å². The largest absolute Gasteiger partial charge is 0.481 e. The predicted octanol–water partition coefficient (Wildman–Crippen LogP) is 2.81. The minimum atomic E-state index is -0.961. The van der Waals surface area contributed by atoms with E-state index in [1.165, 1.54) is 9.80 Å². The van der Waals surface area contributed by atoms with Crippen LogP contribution in [0.25, 0.3) is 0 Å². The van der Waals surface area contributed by atoms with Crippen molar-refractivity contribution in [1.82, 2.24) is 9.80 Å². The van der Waals surface area contributed by atoms with Gasteiger partial charge in [0.05, 0.1) is 5.92 Å². The summed E-state index contributed by atoms with van der Waals surface area (Å²) < 4.78 is 5.37. The van der Waals surface area contributed by atoms with E-state index in [0.717, 1.165) is 5.56 Å². The Morgan fingerprint density at radius 3 is 2.44 bits per heavy atom. The first-order valence-corrected chi connectivity index (χ1v) is 9.02. The molecule has 0 aliphatic carbocycles. The zero-order chi connectivity index (χ0) is 20.4. The normalized spacial score (nSPS) is 20.1. The van der Waals surface area contributed by atoms with Crippen LogP contribution in [0.2, 0.25) is 0 Å². The maximum Gasteiger partial charge on any atom is 0.410 e. The fraction of sp³-hybridized carbons (Fsp3) is 0.550. The zero-order valence-corrected chi connectivity index (χ0v) is 16.6. The second kappa shape index (κ2) is 7.98. The molecule has 0 spiro atoms. The third kappa shape index (κ3) is 5.21. The molecule has 148 valence electrons. The van der Waals surface area contributed by atoms with Gasteiger partial charge in [-0.15, -0.1) is 0 Å². The molecule has 1 heterocycles. The van der Waals surface area contributed by atoms with Crippen LogP contribution in [-0.4, -0.2) is 65.7 Å². The highest BCUT2D eigenvalue weighted by Gasteiger charge is 2.38. The van der Waals surface area contributed by atoms with Gasteiger partial charge < -0.3 is 19.6 Å². The molecule has 7 heteroatoms. The molecule has 1 aromatic rings.